The van der Waals surface area contributed by atoms with Crippen molar-refractivity contribution in [2.45, 2.75) is 13.8 Å². The van der Waals surface area contributed by atoms with Crippen molar-refractivity contribution in [3.8, 4) is 16.9 Å². The molecule has 5 nitrogen and oxygen atoms in total. The van der Waals surface area contributed by atoms with Gasteiger partial charge in [-0.15, -0.1) is 0 Å². The van der Waals surface area contributed by atoms with Crippen molar-refractivity contribution in [1.82, 2.24) is 0 Å². The van der Waals surface area contributed by atoms with E-state index in [9.17, 15) is 9.36 Å². The van der Waals surface area contributed by atoms with Crippen LogP contribution in [0.2, 0.25) is 0 Å². The molecule has 0 unspecified atom stereocenters. The van der Waals surface area contributed by atoms with Crippen LogP contribution in [0.4, 0.5) is 4.79 Å². The van der Waals surface area contributed by atoms with Crippen LogP contribution in [0.3, 0.4) is 0 Å². The summed E-state index contributed by atoms with van der Waals surface area (Å²) in [6.07, 6.45) is 0. The number of carbonyl (C=O) groups is 1. The number of rotatable bonds is 7. The lowest BCUT2D eigenvalue weighted by Gasteiger charge is -2.15. The number of hydrogen-bond acceptors (Lipinski definition) is 5. The second kappa shape index (κ2) is 8.06. The van der Waals surface area contributed by atoms with Gasteiger partial charge in [0.2, 0.25) is 0 Å². The lowest BCUT2D eigenvalue weighted by Crippen LogP contribution is -2.11. The molecule has 0 aliphatic heterocycles. The summed E-state index contributed by atoms with van der Waals surface area (Å²) < 4.78 is 27.3. The zero-order chi connectivity index (χ0) is 16.7. The molecule has 2 rings (SSSR count). The molecule has 0 aromatic heterocycles. The SMILES string of the molecule is CCOP(=O)(OCC)C(=O)Oc1ccc(-c2ccccc2)cc1. The van der Waals surface area contributed by atoms with Gasteiger partial charge in [-0.2, -0.15) is 0 Å². The largest absolute Gasteiger partial charge is 0.438 e. The first-order chi connectivity index (χ1) is 11.1. The van der Waals surface area contributed by atoms with Crippen LogP contribution in [0.25, 0.3) is 11.1 Å². The van der Waals surface area contributed by atoms with E-state index in [4.69, 9.17) is 13.8 Å². The Balaban J connectivity index is 2.11. The number of hydrogen-bond donors (Lipinski definition) is 0. The van der Waals surface area contributed by atoms with Gasteiger partial charge in [0.15, 0.2) is 0 Å². The van der Waals surface area contributed by atoms with Crippen LogP contribution in [-0.2, 0) is 13.6 Å². The van der Waals surface area contributed by atoms with Gasteiger partial charge in [0, 0.05) is 0 Å². The molecule has 0 aliphatic carbocycles. The molecular weight excluding hydrogens is 315 g/mol. The number of ether oxygens (including phenoxy) is 1. The van der Waals surface area contributed by atoms with E-state index in [2.05, 4.69) is 0 Å². The molecule has 0 aliphatic rings. The van der Waals surface area contributed by atoms with Crippen molar-refractivity contribution < 1.29 is 23.1 Å². The fraction of sp³-hybridized carbons (Fsp3) is 0.235. The Kier molecular flexibility index (Phi) is 6.11. The van der Waals surface area contributed by atoms with E-state index in [0.717, 1.165) is 11.1 Å². The first-order valence-electron chi connectivity index (χ1n) is 7.36. The molecule has 0 saturated heterocycles. The van der Waals surface area contributed by atoms with Gasteiger partial charge in [-0.3, -0.25) is 0 Å². The summed E-state index contributed by atoms with van der Waals surface area (Å²) in [5.74, 6) is 0.286. The van der Waals surface area contributed by atoms with Gasteiger partial charge >= 0.3 is 13.3 Å². The van der Waals surface area contributed by atoms with Crippen LogP contribution in [0.15, 0.2) is 54.6 Å². The Bertz CT molecular complexity index is 672. The third-order valence-corrected chi connectivity index (χ3v) is 4.72. The maximum atomic E-state index is 12.3. The van der Waals surface area contributed by atoms with Crippen molar-refractivity contribution in [1.29, 1.82) is 0 Å². The van der Waals surface area contributed by atoms with Gasteiger partial charge in [0.25, 0.3) is 0 Å². The van der Waals surface area contributed by atoms with Crippen LogP contribution < -0.4 is 4.74 Å². The first kappa shape index (κ1) is 17.4. The first-order valence-corrected chi connectivity index (χ1v) is 8.90. The topological polar surface area (TPSA) is 61.8 Å². The molecule has 2 aromatic rings. The van der Waals surface area contributed by atoms with Crippen LogP contribution in [-0.4, -0.2) is 18.9 Å². The van der Waals surface area contributed by atoms with Crippen molar-refractivity contribution in [3.63, 3.8) is 0 Å². The van der Waals surface area contributed by atoms with Crippen molar-refractivity contribution in [2.75, 3.05) is 13.2 Å². The summed E-state index contributed by atoms with van der Waals surface area (Å²) in [5, 5.41) is 0. The minimum Gasteiger partial charge on any atom is -0.417 e. The van der Waals surface area contributed by atoms with Gasteiger partial charge in [-0.1, -0.05) is 42.5 Å². The standard InChI is InChI=1S/C17H19O5P/c1-3-20-23(19,21-4-2)17(18)22-16-12-10-15(11-13-16)14-8-6-5-7-9-14/h5-13H,3-4H2,1-2H3. The molecule has 0 N–H and O–H groups in total. The van der Waals surface area contributed by atoms with E-state index in [0.29, 0.717) is 0 Å². The Labute approximate surface area is 135 Å². The van der Waals surface area contributed by atoms with Crippen LogP contribution in [0.1, 0.15) is 13.8 Å². The molecule has 23 heavy (non-hydrogen) atoms. The molecular formula is C17H19O5P. The molecule has 0 amide bonds. The van der Waals surface area contributed by atoms with E-state index in [1.54, 1.807) is 26.0 Å². The van der Waals surface area contributed by atoms with E-state index >= 15 is 0 Å². The van der Waals surface area contributed by atoms with Crippen LogP contribution >= 0.6 is 7.60 Å². The van der Waals surface area contributed by atoms with E-state index in [1.807, 2.05) is 42.5 Å². The Morgan fingerprint density at radius 2 is 1.39 bits per heavy atom. The molecule has 122 valence electrons. The summed E-state index contributed by atoms with van der Waals surface area (Å²) in [6, 6.07) is 16.7. The van der Waals surface area contributed by atoms with E-state index in [1.165, 1.54) is 0 Å². The lowest BCUT2D eigenvalue weighted by atomic mass is 10.1. The summed E-state index contributed by atoms with van der Waals surface area (Å²) >= 11 is 0. The third kappa shape index (κ3) is 4.52. The Morgan fingerprint density at radius 1 is 0.870 bits per heavy atom. The summed E-state index contributed by atoms with van der Waals surface area (Å²) in [6.45, 7) is 3.46. The second-order valence-electron chi connectivity index (χ2n) is 4.59. The quantitative estimate of drug-likeness (QED) is 0.658. The van der Waals surface area contributed by atoms with Gasteiger partial charge in [-0.25, -0.2) is 9.36 Å². The highest BCUT2D eigenvalue weighted by Crippen LogP contribution is 2.49. The van der Waals surface area contributed by atoms with Crippen molar-refractivity contribution in [2.24, 2.45) is 0 Å². The second-order valence-corrected chi connectivity index (χ2v) is 6.47. The molecule has 0 heterocycles. The molecule has 2 aromatic carbocycles. The third-order valence-electron chi connectivity index (χ3n) is 2.99. The van der Waals surface area contributed by atoms with Crippen LogP contribution in [0.5, 0.6) is 5.75 Å². The summed E-state index contributed by atoms with van der Waals surface area (Å²) in [7, 11) is -3.91. The summed E-state index contributed by atoms with van der Waals surface area (Å²) in [5.41, 5.74) is 1.04. The van der Waals surface area contributed by atoms with Crippen molar-refractivity contribution in [3.05, 3.63) is 54.6 Å². The highest BCUT2D eigenvalue weighted by molar-refractivity contribution is 7.71. The van der Waals surface area contributed by atoms with Crippen molar-refractivity contribution >= 4 is 13.3 Å². The minimum absolute atomic E-state index is 0.0966. The molecule has 0 spiro atoms. The predicted octanol–water partition coefficient (Wildman–Crippen LogP) is 5.12. The van der Waals surface area contributed by atoms with E-state index in [-0.39, 0.29) is 19.0 Å². The molecule has 0 atom stereocenters. The maximum Gasteiger partial charge on any atom is 0.438 e. The molecule has 0 saturated carbocycles. The molecule has 0 radical (unpaired) electrons. The van der Waals surface area contributed by atoms with Gasteiger partial charge in [-0.05, 0) is 37.1 Å². The van der Waals surface area contributed by atoms with Gasteiger partial charge in [0.05, 0.1) is 13.2 Å². The predicted molar refractivity (Wildman–Crippen MR) is 88.8 cm³/mol. The minimum atomic E-state index is -3.91. The van der Waals surface area contributed by atoms with E-state index < -0.39 is 13.3 Å². The highest BCUT2D eigenvalue weighted by atomic mass is 31.2. The number of carbonyl (C=O) groups excluding carboxylic acids is 1. The fourth-order valence-corrected chi connectivity index (χ4v) is 3.17. The average molecular weight is 334 g/mol. The van der Waals surface area contributed by atoms with Gasteiger partial charge < -0.3 is 13.8 Å². The molecule has 0 fully saturated rings. The Hall–Kier alpha value is -1.94. The fourth-order valence-electron chi connectivity index (χ4n) is 1.99. The molecule has 6 heteroatoms. The number of benzene rings is 2. The summed E-state index contributed by atoms with van der Waals surface area (Å²) in [4.78, 5) is 12.0. The smallest absolute Gasteiger partial charge is 0.417 e. The zero-order valence-electron chi connectivity index (χ0n) is 13.1. The normalized spacial score (nSPS) is 11.2. The Morgan fingerprint density at radius 3 is 1.91 bits per heavy atom. The highest BCUT2D eigenvalue weighted by Gasteiger charge is 2.36. The zero-order valence-corrected chi connectivity index (χ0v) is 14.0. The maximum absolute atomic E-state index is 12.3. The monoisotopic (exact) mass is 334 g/mol. The molecule has 0 bridgehead atoms. The van der Waals surface area contributed by atoms with Gasteiger partial charge in [0.1, 0.15) is 5.75 Å². The lowest BCUT2D eigenvalue weighted by molar-refractivity contribution is 0.185. The average Bonchev–Trinajstić information content (AvgIpc) is 2.57. The van der Waals surface area contributed by atoms with Crippen LogP contribution in [0, 0.1) is 0 Å².